The van der Waals surface area contributed by atoms with E-state index in [0.717, 1.165) is 40.7 Å². The van der Waals surface area contributed by atoms with E-state index in [1.807, 2.05) is 43.3 Å². The zero-order valence-electron chi connectivity index (χ0n) is 19.8. The lowest BCUT2D eigenvalue weighted by Gasteiger charge is -2.18. The van der Waals surface area contributed by atoms with Crippen LogP contribution in [-0.4, -0.2) is 18.7 Å². The predicted molar refractivity (Wildman–Crippen MR) is 138 cm³/mol. The van der Waals surface area contributed by atoms with Gasteiger partial charge in [0.05, 0.1) is 11.4 Å². The van der Waals surface area contributed by atoms with E-state index in [2.05, 4.69) is 17.2 Å². The second-order valence-corrected chi connectivity index (χ2v) is 9.27. The van der Waals surface area contributed by atoms with Gasteiger partial charge < -0.3 is 10.3 Å². The Balaban J connectivity index is 1.67. The number of para-hydroxylation sites is 1. The third-order valence-corrected chi connectivity index (χ3v) is 6.96. The molecule has 35 heavy (non-hydrogen) atoms. The van der Waals surface area contributed by atoms with Gasteiger partial charge in [0.2, 0.25) is 0 Å². The topological polar surface area (TPSA) is 93.8 Å². The van der Waals surface area contributed by atoms with E-state index in [1.165, 1.54) is 19.8 Å². The lowest BCUT2D eigenvalue weighted by atomic mass is 10.1. The largest absolute Gasteiger partial charge is 0.358 e. The van der Waals surface area contributed by atoms with Crippen LogP contribution in [0, 0.1) is 13.8 Å². The monoisotopic (exact) mass is 467 g/mol. The van der Waals surface area contributed by atoms with Crippen LogP contribution < -0.4 is 22.1 Å². The normalized spacial score (nSPS) is 13.6. The number of hydrogen-bond donors (Lipinski definition) is 2. The SMILES string of the molecule is Cc1[nH]c2ccc(Nc3cc(=O)n(C)c4c3c(=O)n(C3CC3)c(=O)n4-c3ccccc3)cc2c1C. The van der Waals surface area contributed by atoms with Crippen LogP contribution in [0.5, 0.6) is 0 Å². The van der Waals surface area contributed by atoms with Crippen LogP contribution in [0.2, 0.25) is 0 Å². The highest BCUT2D eigenvalue weighted by Crippen LogP contribution is 2.34. The van der Waals surface area contributed by atoms with Crippen LogP contribution in [0.15, 0.2) is 69.0 Å². The van der Waals surface area contributed by atoms with E-state index >= 15 is 0 Å². The average molecular weight is 468 g/mol. The molecule has 1 saturated carbocycles. The fourth-order valence-electron chi connectivity index (χ4n) is 4.82. The number of nitrogens with one attached hydrogen (secondary N) is 2. The lowest BCUT2D eigenvalue weighted by molar-refractivity contribution is 0.637. The van der Waals surface area contributed by atoms with E-state index in [1.54, 1.807) is 19.2 Å². The van der Waals surface area contributed by atoms with Crippen molar-refractivity contribution in [3.63, 3.8) is 0 Å². The molecule has 0 radical (unpaired) electrons. The van der Waals surface area contributed by atoms with Crippen LogP contribution in [0.3, 0.4) is 0 Å². The first-order valence-electron chi connectivity index (χ1n) is 11.7. The quantitative estimate of drug-likeness (QED) is 0.417. The van der Waals surface area contributed by atoms with Crippen molar-refractivity contribution in [2.45, 2.75) is 32.7 Å². The first kappa shape index (κ1) is 21.2. The molecule has 5 aromatic rings. The summed E-state index contributed by atoms with van der Waals surface area (Å²) in [6.45, 7) is 4.08. The van der Waals surface area contributed by atoms with Gasteiger partial charge in [-0.1, -0.05) is 18.2 Å². The summed E-state index contributed by atoms with van der Waals surface area (Å²) in [4.78, 5) is 43.7. The highest BCUT2D eigenvalue weighted by atomic mass is 16.2. The number of aromatic nitrogens is 4. The molecule has 8 nitrogen and oxygen atoms in total. The summed E-state index contributed by atoms with van der Waals surface area (Å²) in [5.41, 5.74) is 4.14. The van der Waals surface area contributed by atoms with Gasteiger partial charge in [0, 0.05) is 41.4 Å². The zero-order valence-corrected chi connectivity index (χ0v) is 19.8. The van der Waals surface area contributed by atoms with Crippen molar-refractivity contribution in [3.8, 4) is 5.69 Å². The number of rotatable bonds is 4. The van der Waals surface area contributed by atoms with Gasteiger partial charge in [-0.3, -0.25) is 18.7 Å². The summed E-state index contributed by atoms with van der Waals surface area (Å²) >= 11 is 0. The molecule has 2 N–H and O–H groups in total. The Kier molecular flexibility index (Phi) is 4.60. The highest BCUT2D eigenvalue weighted by Gasteiger charge is 2.30. The number of anilines is 2. The average Bonchev–Trinajstić information content (AvgIpc) is 3.63. The maximum atomic E-state index is 13.7. The first-order chi connectivity index (χ1) is 16.8. The number of nitrogens with zero attached hydrogens (tertiary/aromatic N) is 3. The standard InChI is InChI=1S/C27H25N5O3/c1-15-16(2)28-21-12-9-17(13-20(15)21)29-22-14-23(33)30(3)25-24(22)26(34)32(19-10-11-19)27(35)31(25)18-7-5-4-6-8-18/h4-9,12-14,19,28-29H,10-11H2,1-3H3. The maximum Gasteiger partial charge on any atom is 0.337 e. The molecule has 0 aliphatic heterocycles. The molecule has 8 heteroatoms. The van der Waals surface area contributed by atoms with E-state index in [-0.39, 0.29) is 22.8 Å². The van der Waals surface area contributed by atoms with Crippen LogP contribution >= 0.6 is 0 Å². The molecular formula is C27H25N5O3. The molecular weight excluding hydrogens is 442 g/mol. The molecule has 0 atom stereocenters. The fraction of sp³-hybridized carbons (Fsp3) is 0.222. The number of aromatic amines is 1. The molecule has 2 aromatic carbocycles. The van der Waals surface area contributed by atoms with Crippen molar-refractivity contribution in [1.82, 2.24) is 18.7 Å². The Morgan fingerprint density at radius 2 is 1.71 bits per heavy atom. The molecule has 176 valence electrons. The molecule has 0 amide bonds. The van der Waals surface area contributed by atoms with Gasteiger partial charge in [0.15, 0.2) is 0 Å². The Bertz CT molecular complexity index is 1820. The molecule has 1 aliphatic rings. The van der Waals surface area contributed by atoms with Gasteiger partial charge in [-0.25, -0.2) is 9.36 Å². The molecule has 0 spiro atoms. The summed E-state index contributed by atoms with van der Waals surface area (Å²) in [6.07, 6.45) is 1.57. The molecule has 6 rings (SSSR count). The molecule has 3 aromatic heterocycles. The Morgan fingerprint density at radius 1 is 0.971 bits per heavy atom. The molecule has 0 bridgehead atoms. The van der Waals surface area contributed by atoms with E-state index in [0.29, 0.717) is 16.8 Å². The van der Waals surface area contributed by atoms with Crippen molar-refractivity contribution < 1.29 is 0 Å². The van der Waals surface area contributed by atoms with Gasteiger partial charge in [-0.05, 0) is 62.6 Å². The van der Waals surface area contributed by atoms with Crippen LogP contribution in [0.25, 0.3) is 27.6 Å². The van der Waals surface area contributed by atoms with Crippen LogP contribution in [0.4, 0.5) is 11.4 Å². The second-order valence-electron chi connectivity index (χ2n) is 9.27. The molecule has 1 fully saturated rings. The Labute approximate surface area is 200 Å². The van der Waals surface area contributed by atoms with Gasteiger partial charge >= 0.3 is 5.69 Å². The summed E-state index contributed by atoms with van der Waals surface area (Å²) in [7, 11) is 1.59. The first-order valence-corrected chi connectivity index (χ1v) is 11.7. The lowest BCUT2D eigenvalue weighted by Crippen LogP contribution is -2.41. The summed E-state index contributed by atoms with van der Waals surface area (Å²) in [6, 6.07) is 16.3. The number of pyridine rings is 1. The van der Waals surface area contributed by atoms with Gasteiger partial charge in [0.25, 0.3) is 11.1 Å². The number of fused-ring (bicyclic) bond motifs is 2. The number of H-pyrrole nitrogens is 1. The predicted octanol–water partition coefficient (Wildman–Crippen LogP) is 4.03. The molecule has 0 unspecified atom stereocenters. The summed E-state index contributed by atoms with van der Waals surface area (Å²) in [5, 5.41) is 4.69. The summed E-state index contributed by atoms with van der Waals surface area (Å²) < 4.78 is 4.19. The maximum absolute atomic E-state index is 13.7. The summed E-state index contributed by atoms with van der Waals surface area (Å²) in [5.74, 6) is 0. The van der Waals surface area contributed by atoms with Crippen molar-refractivity contribution in [3.05, 3.63) is 97.0 Å². The smallest absolute Gasteiger partial charge is 0.337 e. The number of benzene rings is 2. The van der Waals surface area contributed by atoms with Gasteiger partial charge in [0.1, 0.15) is 11.0 Å². The number of aryl methyl sites for hydroxylation is 3. The van der Waals surface area contributed by atoms with Crippen molar-refractivity contribution in [2.24, 2.45) is 7.05 Å². The van der Waals surface area contributed by atoms with Crippen molar-refractivity contribution in [1.29, 1.82) is 0 Å². The van der Waals surface area contributed by atoms with Crippen molar-refractivity contribution >= 4 is 33.3 Å². The van der Waals surface area contributed by atoms with E-state index < -0.39 is 5.69 Å². The van der Waals surface area contributed by atoms with Crippen LogP contribution in [0.1, 0.15) is 30.1 Å². The minimum absolute atomic E-state index is 0.124. The number of hydrogen-bond acceptors (Lipinski definition) is 4. The van der Waals surface area contributed by atoms with E-state index in [9.17, 15) is 14.4 Å². The van der Waals surface area contributed by atoms with Gasteiger partial charge in [-0.15, -0.1) is 0 Å². The minimum Gasteiger partial charge on any atom is -0.358 e. The third kappa shape index (κ3) is 3.24. The second kappa shape index (κ2) is 7.59. The molecule has 1 aliphatic carbocycles. The Morgan fingerprint density at radius 3 is 2.43 bits per heavy atom. The zero-order chi connectivity index (χ0) is 24.4. The van der Waals surface area contributed by atoms with Gasteiger partial charge in [-0.2, -0.15) is 0 Å². The van der Waals surface area contributed by atoms with E-state index in [4.69, 9.17) is 0 Å². The molecule has 3 heterocycles. The van der Waals surface area contributed by atoms with Crippen molar-refractivity contribution in [2.75, 3.05) is 5.32 Å². The highest BCUT2D eigenvalue weighted by molar-refractivity contribution is 5.93. The molecule has 0 saturated heterocycles. The minimum atomic E-state index is -0.428. The fourth-order valence-corrected chi connectivity index (χ4v) is 4.82. The Hall–Kier alpha value is -4.33. The third-order valence-electron chi connectivity index (χ3n) is 6.96. The van der Waals surface area contributed by atoms with Crippen LogP contribution in [-0.2, 0) is 7.05 Å².